The fourth-order valence-corrected chi connectivity index (χ4v) is 3.03. The lowest BCUT2D eigenvalue weighted by molar-refractivity contribution is -0.148. The number of esters is 1. The van der Waals surface area contributed by atoms with Crippen LogP contribution in [-0.4, -0.2) is 48.2 Å². The van der Waals surface area contributed by atoms with Gasteiger partial charge in [0.2, 0.25) is 0 Å². The Bertz CT molecular complexity index is 315. The molecule has 1 heterocycles. The number of carbonyl (C=O) groups excluding carboxylic acids is 1. The predicted octanol–water partition coefficient (Wildman–Crippen LogP) is 2.18. The number of carbonyl (C=O) groups is 1. The van der Waals surface area contributed by atoms with Gasteiger partial charge in [0.25, 0.3) is 0 Å². The van der Waals surface area contributed by atoms with E-state index in [4.69, 9.17) is 4.74 Å². The number of methoxy groups -OCH3 is 1. The van der Waals surface area contributed by atoms with E-state index in [1.807, 2.05) is 6.92 Å². The van der Waals surface area contributed by atoms with E-state index in [1.165, 1.54) is 20.0 Å². The summed E-state index contributed by atoms with van der Waals surface area (Å²) in [6.07, 6.45) is 3.26. The molecule has 0 aromatic carbocycles. The van der Waals surface area contributed by atoms with Gasteiger partial charge in [0, 0.05) is 18.1 Å². The lowest BCUT2D eigenvalue weighted by Crippen LogP contribution is -2.55. The Morgan fingerprint density at radius 1 is 1.47 bits per heavy atom. The molecule has 1 aliphatic heterocycles. The molecule has 19 heavy (non-hydrogen) atoms. The fraction of sp³-hybridized carbons (Fsp3) is 0.933. The molecule has 0 amide bonds. The second kappa shape index (κ2) is 6.23. The Hall–Kier alpha value is -0.610. The smallest absolute Gasteiger partial charge is 0.325 e. The number of hydrogen-bond acceptors (Lipinski definition) is 4. The number of rotatable bonds is 6. The zero-order valence-electron chi connectivity index (χ0n) is 13.4. The topological polar surface area (TPSA) is 41.6 Å². The van der Waals surface area contributed by atoms with Gasteiger partial charge >= 0.3 is 5.97 Å². The van der Waals surface area contributed by atoms with Crippen molar-refractivity contribution < 1.29 is 9.53 Å². The normalized spacial score (nSPS) is 22.5. The van der Waals surface area contributed by atoms with Gasteiger partial charge in [0.15, 0.2) is 0 Å². The van der Waals surface area contributed by atoms with E-state index in [1.54, 1.807) is 0 Å². The molecule has 4 nitrogen and oxygen atoms in total. The first-order valence-electron chi connectivity index (χ1n) is 7.32. The summed E-state index contributed by atoms with van der Waals surface area (Å²) in [5, 5.41) is 3.36. The van der Waals surface area contributed by atoms with Gasteiger partial charge in [0.1, 0.15) is 5.54 Å². The lowest BCUT2D eigenvalue weighted by atomic mass is 9.95. The van der Waals surface area contributed by atoms with Crippen molar-refractivity contribution in [3.8, 4) is 0 Å². The molecule has 1 N–H and O–H groups in total. The third-order valence-corrected chi connectivity index (χ3v) is 4.20. The molecule has 0 radical (unpaired) electrons. The number of hydrogen-bond donors (Lipinski definition) is 1. The SMILES string of the molecule is COC(=O)C(C)(CCN1CCCC1(C)C)NC(C)C. The molecule has 0 spiro atoms. The van der Waals surface area contributed by atoms with Crippen molar-refractivity contribution in [3.05, 3.63) is 0 Å². The first kappa shape index (κ1) is 16.4. The second-order valence-corrected chi connectivity index (χ2v) is 6.78. The molecule has 1 unspecified atom stereocenters. The van der Waals surface area contributed by atoms with Crippen molar-refractivity contribution in [2.75, 3.05) is 20.2 Å². The van der Waals surface area contributed by atoms with Crippen LogP contribution in [0.1, 0.15) is 53.9 Å². The van der Waals surface area contributed by atoms with E-state index >= 15 is 0 Å². The highest BCUT2D eigenvalue weighted by Crippen LogP contribution is 2.29. The van der Waals surface area contributed by atoms with Crippen molar-refractivity contribution in [1.29, 1.82) is 0 Å². The van der Waals surface area contributed by atoms with E-state index < -0.39 is 5.54 Å². The third-order valence-electron chi connectivity index (χ3n) is 4.20. The molecule has 0 bridgehead atoms. The number of likely N-dealkylation sites (tertiary alicyclic amines) is 1. The van der Waals surface area contributed by atoms with Crippen LogP contribution in [0.5, 0.6) is 0 Å². The lowest BCUT2D eigenvalue weighted by Gasteiger charge is -2.36. The van der Waals surface area contributed by atoms with Crippen LogP contribution in [0.2, 0.25) is 0 Å². The maximum Gasteiger partial charge on any atom is 0.325 e. The van der Waals surface area contributed by atoms with E-state index in [-0.39, 0.29) is 17.6 Å². The number of nitrogens with one attached hydrogen (secondary N) is 1. The molecule has 0 aromatic rings. The first-order valence-corrected chi connectivity index (χ1v) is 7.32. The molecule has 0 saturated carbocycles. The summed E-state index contributed by atoms with van der Waals surface area (Å²) in [4.78, 5) is 14.5. The van der Waals surface area contributed by atoms with Crippen LogP contribution in [0, 0.1) is 0 Å². The molecule has 1 fully saturated rings. The van der Waals surface area contributed by atoms with Crippen LogP contribution in [0.15, 0.2) is 0 Å². The highest BCUT2D eigenvalue weighted by molar-refractivity contribution is 5.80. The van der Waals surface area contributed by atoms with Crippen LogP contribution in [0.4, 0.5) is 0 Å². The van der Waals surface area contributed by atoms with E-state index in [0.29, 0.717) is 0 Å². The van der Waals surface area contributed by atoms with Crippen molar-refractivity contribution >= 4 is 5.97 Å². The van der Waals surface area contributed by atoms with Gasteiger partial charge in [0.05, 0.1) is 7.11 Å². The standard InChI is InChI=1S/C15H30N2O2/c1-12(2)16-15(5,13(18)19-6)9-11-17-10-7-8-14(17,3)4/h12,16H,7-11H2,1-6H3. The second-order valence-electron chi connectivity index (χ2n) is 6.78. The van der Waals surface area contributed by atoms with Crippen molar-refractivity contribution in [1.82, 2.24) is 10.2 Å². The van der Waals surface area contributed by atoms with E-state index in [2.05, 4.69) is 37.9 Å². The van der Waals surface area contributed by atoms with Crippen LogP contribution in [-0.2, 0) is 9.53 Å². The zero-order chi connectivity index (χ0) is 14.7. The molecule has 1 atom stereocenters. The van der Waals surface area contributed by atoms with Crippen LogP contribution in [0.25, 0.3) is 0 Å². The average Bonchev–Trinajstić information content (AvgIpc) is 2.63. The van der Waals surface area contributed by atoms with Gasteiger partial charge in [-0.15, -0.1) is 0 Å². The molecule has 4 heteroatoms. The monoisotopic (exact) mass is 270 g/mol. The Morgan fingerprint density at radius 2 is 2.11 bits per heavy atom. The molecular weight excluding hydrogens is 240 g/mol. The van der Waals surface area contributed by atoms with Gasteiger partial charge in [-0.05, 0) is 60.4 Å². The maximum atomic E-state index is 12.0. The van der Waals surface area contributed by atoms with Gasteiger partial charge in [-0.1, -0.05) is 0 Å². The molecule has 1 rings (SSSR count). The summed E-state index contributed by atoms with van der Waals surface area (Å²) in [6, 6.07) is 0.260. The molecule has 1 aliphatic rings. The quantitative estimate of drug-likeness (QED) is 0.751. The third kappa shape index (κ3) is 4.18. The molecule has 112 valence electrons. The average molecular weight is 270 g/mol. The largest absolute Gasteiger partial charge is 0.468 e. The van der Waals surface area contributed by atoms with Crippen LogP contribution >= 0.6 is 0 Å². The van der Waals surface area contributed by atoms with Crippen molar-refractivity contribution in [2.24, 2.45) is 0 Å². The van der Waals surface area contributed by atoms with E-state index in [9.17, 15) is 4.79 Å². The molecule has 1 saturated heterocycles. The van der Waals surface area contributed by atoms with Gasteiger partial charge in [-0.25, -0.2) is 0 Å². The number of nitrogens with zero attached hydrogens (tertiary/aromatic N) is 1. The van der Waals surface area contributed by atoms with Crippen molar-refractivity contribution in [2.45, 2.75) is 71.0 Å². The minimum atomic E-state index is -0.596. The molecule has 0 aromatic heterocycles. The summed E-state index contributed by atoms with van der Waals surface area (Å²) in [5.41, 5.74) is -0.337. The van der Waals surface area contributed by atoms with Gasteiger partial charge in [-0.3, -0.25) is 15.0 Å². The summed E-state index contributed by atoms with van der Waals surface area (Å²) >= 11 is 0. The van der Waals surface area contributed by atoms with Gasteiger partial charge in [-0.2, -0.15) is 0 Å². The Balaban J connectivity index is 2.65. The highest BCUT2D eigenvalue weighted by Gasteiger charge is 2.38. The summed E-state index contributed by atoms with van der Waals surface area (Å²) in [5.74, 6) is -0.168. The number of ether oxygens (including phenoxy) is 1. The zero-order valence-corrected chi connectivity index (χ0v) is 13.4. The first-order chi connectivity index (χ1) is 8.71. The van der Waals surface area contributed by atoms with Crippen molar-refractivity contribution in [3.63, 3.8) is 0 Å². The van der Waals surface area contributed by atoms with Crippen LogP contribution < -0.4 is 5.32 Å². The Morgan fingerprint density at radius 3 is 2.53 bits per heavy atom. The summed E-state index contributed by atoms with van der Waals surface area (Å²) in [7, 11) is 1.46. The maximum absolute atomic E-state index is 12.0. The predicted molar refractivity (Wildman–Crippen MR) is 78.2 cm³/mol. The Labute approximate surface area is 117 Å². The minimum absolute atomic E-state index is 0.168. The minimum Gasteiger partial charge on any atom is -0.468 e. The molecule has 0 aliphatic carbocycles. The van der Waals surface area contributed by atoms with E-state index in [0.717, 1.165) is 19.5 Å². The van der Waals surface area contributed by atoms with Gasteiger partial charge < -0.3 is 4.74 Å². The summed E-state index contributed by atoms with van der Waals surface area (Å²) < 4.78 is 4.96. The van der Waals surface area contributed by atoms with Crippen LogP contribution in [0.3, 0.4) is 0 Å². The highest BCUT2D eigenvalue weighted by atomic mass is 16.5. The fourth-order valence-electron chi connectivity index (χ4n) is 3.03. The Kier molecular flexibility index (Phi) is 5.39. The summed E-state index contributed by atoms with van der Waals surface area (Å²) in [6.45, 7) is 12.7. The molecular formula is C15H30N2O2.